The molecule has 25 heavy (non-hydrogen) atoms. The lowest BCUT2D eigenvalue weighted by Crippen LogP contribution is -2.40. The molecule has 1 saturated heterocycles. The maximum Gasteiger partial charge on any atom is 0.253 e. The van der Waals surface area contributed by atoms with Gasteiger partial charge in [0.15, 0.2) is 0 Å². The molecule has 0 aliphatic carbocycles. The lowest BCUT2D eigenvalue weighted by molar-refractivity contribution is 0.0693. The van der Waals surface area contributed by atoms with Gasteiger partial charge in [-0.15, -0.1) is 0 Å². The van der Waals surface area contributed by atoms with Gasteiger partial charge in [0.1, 0.15) is 12.4 Å². The third kappa shape index (κ3) is 4.60. The van der Waals surface area contributed by atoms with Crippen LogP contribution in [0.15, 0.2) is 48.5 Å². The van der Waals surface area contributed by atoms with Gasteiger partial charge in [-0.25, -0.2) is 0 Å². The van der Waals surface area contributed by atoms with E-state index < -0.39 is 0 Å². The Morgan fingerprint density at radius 3 is 2.64 bits per heavy atom. The summed E-state index contributed by atoms with van der Waals surface area (Å²) in [7, 11) is 0. The van der Waals surface area contributed by atoms with Gasteiger partial charge in [0.25, 0.3) is 5.91 Å². The van der Waals surface area contributed by atoms with Gasteiger partial charge in [-0.2, -0.15) is 0 Å². The van der Waals surface area contributed by atoms with E-state index in [1.54, 1.807) is 0 Å². The molecule has 0 bridgehead atoms. The summed E-state index contributed by atoms with van der Waals surface area (Å²) in [6.07, 6.45) is 1.98. The summed E-state index contributed by atoms with van der Waals surface area (Å²) < 4.78 is 5.87. The first-order valence-electron chi connectivity index (χ1n) is 8.93. The number of likely N-dealkylation sites (tertiary alicyclic amines) is 1. The van der Waals surface area contributed by atoms with Gasteiger partial charge in [0.2, 0.25) is 0 Å². The van der Waals surface area contributed by atoms with Crippen molar-refractivity contribution >= 4 is 5.91 Å². The van der Waals surface area contributed by atoms with E-state index in [0.29, 0.717) is 24.6 Å². The smallest absolute Gasteiger partial charge is 0.253 e. The molecular formula is C21H26N2O2. The summed E-state index contributed by atoms with van der Waals surface area (Å²) in [5, 5.41) is 0. The molecule has 2 aromatic rings. The minimum atomic E-state index is 0.0801. The van der Waals surface area contributed by atoms with Crippen molar-refractivity contribution in [3.8, 4) is 5.75 Å². The number of nitrogens with two attached hydrogens (primary N) is 1. The fraction of sp³-hybridized carbons (Fsp3) is 0.381. The number of hydrogen-bond donors (Lipinski definition) is 1. The van der Waals surface area contributed by atoms with E-state index in [4.69, 9.17) is 10.5 Å². The van der Waals surface area contributed by atoms with Crippen LogP contribution < -0.4 is 10.5 Å². The number of nitrogens with zero attached hydrogens (tertiary/aromatic N) is 1. The Labute approximate surface area is 149 Å². The van der Waals surface area contributed by atoms with E-state index in [0.717, 1.165) is 37.2 Å². The van der Waals surface area contributed by atoms with Crippen LogP contribution in [0.2, 0.25) is 0 Å². The lowest BCUT2D eigenvalue weighted by atomic mass is 9.96. The van der Waals surface area contributed by atoms with E-state index in [1.807, 2.05) is 41.3 Å². The molecule has 3 rings (SSSR count). The molecule has 4 heteroatoms. The van der Waals surface area contributed by atoms with Crippen molar-refractivity contribution in [1.29, 1.82) is 0 Å². The highest BCUT2D eigenvalue weighted by atomic mass is 16.5. The van der Waals surface area contributed by atoms with Gasteiger partial charge in [0, 0.05) is 18.7 Å². The number of benzene rings is 2. The van der Waals surface area contributed by atoms with Gasteiger partial charge in [-0.3, -0.25) is 4.79 Å². The molecule has 0 unspecified atom stereocenters. The zero-order valence-corrected chi connectivity index (χ0v) is 14.8. The quantitative estimate of drug-likeness (QED) is 0.909. The Bertz CT molecular complexity index is 721. The van der Waals surface area contributed by atoms with Crippen LogP contribution in [0.5, 0.6) is 5.75 Å². The van der Waals surface area contributed by atoms with Crippen LogP contribution in [0.1, 0.15) is 34.3 Å². The van der Waals surface area contributed by atoms with Crippen LogP contribution in [0.3, 0.4) is 0 Å². The highest BCUT2D eigenvalue weighted by Gasteiger charge is 2.23. The molecule has 4 nitrogen and oxygen atoms in total. The fourth-order valence-corrected chi connectivity index (χ4v) is 3.24. The molecule has 0 radical (unpaired) electrons. The lowest BCUT2D eigenvalue weighted by Gasteiger charge is -2.31. The standard InChI is InChI=1S/C21H26N2O2/c1-16-4-2-5-18(12-16)15-25-20-7-3-6-19(13-20)21(24)23-10-8-17(14-22)9-11-23/h2-7,12-13,17H,8-11,14-15,22H2,1H3. The second-order valence-electron chi connectivity index (χ2n) is 6.78. The molecule has 0 aromatic heterocycles. The zero-order valence-electron chi connectivity index (χ0n) is 14.8. The molecule has 2 aromatic carbocycles. The normalized spacial score (nSPS) is 15.2. The summed E-state index contributed by atoms with van der Waals surface area (Å²) in [5.41, 5.74) is 8.75. The van der Waals surface area contributed by atoms with Crippen molar-refractivity contribution in [1.82, 2.24) is 4.90 Å². The molecule has 1 amide bonds. The van der Waals surface area contributed by atoms with Crippen LogP contribution in [-0.4, -0.2) is 30.4 Å². The summed E-state index contributed by atoms with van der Waals surface area (Å²) in [6.45, 7) is 4.85. The summed E-state index contributed by atoms with van der Waals surface area (Å²) in [5.74, 6) is 1.36. The Balaban J connectivity index is 1.62. The average molecular weight is 338 g/mol. The summed E-state index contributed by atoms with van der Waals surface area (Å²) in [6, 6.07) is 15.7. The predicted molar refractivity (Wildman–Crippen MR) is 99.6 cm³/mol. The molecular weight excluding hydrogens is 312 g/mol. The molecule has 132 valence electrons. The van der Waals surface area contributed by atoms with E-state index in [2.05, 4.69) is 19.1 Å². The number of ether oxygens (including phenoxy) is 1. The fourth-order valence-electron chi connectivity index (χ4n) is 3.24. The van der Waals surface area contributed by atoms with Crippen molar-refractivity contribution in [3.05, 3.63) is 65.2 Å². The number of rotatable bonds is 5. The molecule has 0 atom stereocenters. The van der Waals surface area contributed by atoms with Crippen LogP contribution >= 0.6 is 0 Å². The van der Waals surface area contributed by atoms with Crippen LogP contribution in [0.25, 0.3) is 0 Å². The largest absolute Gasteiger partial charge is 0.489 e. The van der Waals surface area contributed by atoms with Gasteiger partial charge in [0.05, 0.1) is 0 Å². The number of aryl methyl sites for hydroxylation is 1. The van der Waals surface area contributed by atoms with Crippen LogP contribution in [-0.2, 0) is 6.61 Å². The highest BCUT2D eigenvalue weighted by Crippen LogP contribution is 2.21. The van der Waals surface area contributed by atoms with E-state index in [1.165, 1.54) is 5.56 Å². The predicted octanol–water partition coefficient (Wildman–Crippen LogP) is 3.38. The Morgan fingerprint density at radius 1 is 1.16 bits per heavy atom. The molecule has 0 spiro atoms. The zero-order chi connectivity index (χ0) is 17.6. The first-order valence-corrected chi connectivity index (χ1v) is 8.93. The number of hydrogen-bond acceptors (Lipinski definition) is 3. The topological polar surface area (TPSA) is 55.6 Å². The Hall–Kier alpha value is -2.33. The first-order chi connectivity index (χ1) is 12.2. The number of piperidine rings is 1. The van der Waals surface area contributed by atoms with Gasteiger partial charge < -0.3 is 15.4 Å². The van der Waals surface area contributed by atoms with Crippen molar-refractivity contribution in [2.75, 3.05) is 19.6 Å². The maximum absolute atomic E-state index is 12.7. The van der Waals surface area contributed by atoms with Crippen LogP contribution in [0, 0.1) is 12.8 Å². The molecule has 1 heterocycles. The maximum atomic E-state index is 12.7. The van der Waals surface area contributed by atoms with Gasteiger partial charge >= 0.3 is 0 Å². The van der Waals surface area contributed by atoms with E-state index in [-0.39, 0.29) is 5.91 Å². The molecule has 0 saturated carbocycles. The monoisotopic (exact) mass is 338 g/mol. The molecule has 1 fully saturated rings. The van der Waals surface area contributed by atoms with Gasteiger partial charge in [-0.1, -0.05) is 35.9 Å². The number of carbonyl (C=O) groups is 1. The SMILES string of the molecule is Cc1cccc(COc2cccc(C(=O)N3CCC(CN)CC3)c2)c1. The number of amides is 1. The molecule has 1 aliphatic rings. The van der Waals surface area contributed by atoms with E-state index >= 15 is 0 Å². The molecule has 1 aliphatic heterocycles. The van der Waals surface area contributed by atoms with Crippen molar-refractivity contribution in [2.45, 2.75) is 26.4 Å². The average Bonchev–Trinajstić information content (AvgIpc) is 2.66. The first kappa shape index (κ1) is 17.5. The Kier molecular flexibility index (Phi) is 5.71. The second kappa shape index (κ2) is 8.17. The number of carbonyl (C=O) groups excluding carboxylic acids is 1. The van der Waals surface area contributed by atoms with Gasteiger partial charge in [-0.05, 0) is 56.0 Å². The van der Waals surface area contributed by atoms with Crippen molar-refractivity contribution in [2.24, 2.45) is 11.7 Å². The Morgan fingerprint density at radius 2 is 1.92 bits per heavy atom. The molecule has 2 N–H and O–H groups in total. The highest BCUT2D eigenvalue weighted by molar-refractivity contribution is 5.94. The van der Waals surface area contributed by atoms with Crippen LogP contribution in [0.4, 0.5) is 0 Å². The summed E-state index contributed by atoms with van der Waals surface area (Å²) in [4.78, 5) is 14.6. The van der Waals surface area contributed by atoms with E-state index in [9.17, 15) is 4.79 Å². The third-order valence-corrected chi connectivity index (χ3v) is 4.80. The second-order valence-corrected chi connectivity index (χ2v) is 6.78. The summed E-state index contributed by atoms with van der Waals surface area (Å²) >= 11 is 0. The van der Waals surface area contributed by atoms with Crippen molar-refractivity contribution < 1.29 is 9.53 Å². The van der Waals surface area contributed by atoms with Crippen molar-refractivity contribution in [3.63, 3.8) is 0 Å². The third-order valence-electron chi connectivity index (χ3n) is 4.80. The minimum Gasteiger partial charge on any atom is -0.489 e. The minimum absolute atomic E-state index is 0.0801.